The van der Waals surface area contributed by atoms with Crippen molar-refractivity contribution in [3.05, 3.63) is 16.1 Å². The van der Waals surface area contributed by atoms with Crippen LogP contribution in [-0.4, -0.2) is 35.1 Å². The van der Waals surface area contributed by atoms with Crippen LogP contribution in [0.3, 0.4) is 0 Å². The molecule has 0 aromatic carbocycles. The van der Waals surface area contributed by atoms with Gasteiger partial charge in [-0.3, -0.25) is 4.79 Å². The van der Waals surface area contributed by atoms with Gasteiger partial charge in [-0.05, 0) is 19.8 Å². The first kappa shape index (κ1) is 13.0. The maximum absolute atomic E-state index is 11.8. The van der Waals surface area contributed by atoms with Gasteiger partial charge in [0, 0.05) is 23.9 Å². The number of ether oxygens (including phenoxy) is 2. The van der Waals surface area contributed by atoms with Gasteiger partial charge in [0.2, 0.25) is 0 Å². The Bertz CT molecular complexity index is 483. The van der Waals surface area contributed by atoms with Crippen molar-refractivity contribution in [3.63, 3.8) is 0 Å². The molecule has 104 valence electrons. The predicted molar refractivity (Wildman–Crippen MR) is 69.3 cm³/mol. The first-order valence-corrected chi connectivity index (χ1v) is 7.38. The van der Waals surface area contributed by atoms with Crippen LogP contribution in [0.5, 0.6) is 0 Å². The molecular weight excluding hydrogens is 266 g/mol. The minimum absolute atomic E-state index is 0.523. The molecule has 3 rings (SSSR count). The lowest BCUT2D eigenvalue weighted by molar-refractivity contribution is -0.189. The molecule has 1 saturated heterocycles. The summed E-state index contributed by atoms with van der Waals surface area (Å²) in [5.41, 5.74) is 0.0220. The highest BCUT2D eigenvalue weighted by molar-refractivity contribution is 7.10. The van der Waals surface area contributed by atoms with Gasteiger partial charge in [-0.2, -0.15) is 0 Å². The van der Waals surface area contributed by atoms with Gasteiger partial charge >= 0.3 is 5.97 Å². The van der Waals surface area contributed by atoms with Crippen LogP contribution in [0, 0.1) is 6.92 Å². The van der Waals surface area contributed by atoms with E-state index in [9.17, 15) is 9.90 Å². The van der Waals surface area contributed by atoms with Crippen molar-refractivity contribution in [1.29, 1.82) is 0 Å². The molecule has 1 aliphatic heterocycles. The summed E-state index contributed by atoms with van der Waals surface area (Å²) in [4.78, 5) is 16.2. The van der Waals surface area contributed by atoms with Gasteiger partial charge in [0.15, 0.2) is 5.79 Å². The third-order valence-corrected chi connectivity index (χ3v) is 5.28. The lowest BCUT2D eigenvalue weighted by atomic mass is 9.72. The maximum Gasteiger partial charge on any atom is 0.316 e. The number of aryl methyl sites for hydroxylation is 1. The van der Waals surface area contributed by atoms with E-state index in [0.29, 0.717) is 43.9 Å². The fourth-order valence-electron chi connectivity index (χ4n) is 2.94. The van der Waals surface area contributed by atoms with Crippen LogP contribution in [0.2, 0.25) is 0 Å². The molecule has 1 saturated carbocycles. The zero-order valence-electron chi connectivity index (χ0n) is 10.8. The lowest BCUT2D eigenvalue weighted by Gasteiger charge is -2.39. The highest BCUT2D eigenvalue weighted by atomic mass is 32.1. The number of rotatable bonds is 2. The Labute approximate surface area is 115 Å². The van der Waals surface area contributed by atoms with Gasteiger partial charge in [-0.1, -0.05) is 0 Å². The third kappa shape index (κ3) is 2.07. The topological polar surface area (TPSA) is 68.7 Å². The zero-order chi connectivity index (χ0) is 13.5. The second kappa shape index (κ2) is 4.54. The molecule has 1 spiro atoms. The largest absolute Gasteiger partial charge is 0.481 e. The summed E-state index contributed by atoms with van der Waals surface area (Å²) < 4.78 is 11.3. The van der Waals surface area contributed by atoms with Crippen LogP contribution < -0.4 is 0 Å². The molecular formula is C13H17NO4S. The monoisotopic (exact) mass is 283 g/mol. The molecule has 6 heteroatoms. The van der Waals surface area contributed by atoms with Gasteiger partial charge in [0.05, 0.1) is 13.2 Å². The average Bonchev–Trinajstić information content (AvgIpc) is 3.01. The molecule has 2 heterocycles. The predicted octanol–water partition coefficient (Wildman–Crippen LogP) is 2.09. The molecule has 1 aromatic heterocycles. The normalized spacial score (nSPS) is 24.7. The third-order valence-electron chi connectivity index (χ3n) is 4.12. The number of thiazole rings is 1. The Hall–Kier alpha value is -0.980. The van der Waals surface area contributed by atoms with Crippen molar-refractivity contribution in [2.45, 2.75) is 43.8 Å². The van der Waals surface area contributed by atoms with E-state index in [1.807, 2.05) is 12.3 Å². The van der Waals surface area contributed by atoms with Crippen LogP contribution in [0.1, 0.15) is 36.4 Å². The Morgan fingerprint density at radius 2 is 1.95 bits per heavy atom. The van der Waals surface area contributed by atoms with Crippen LogP contribution in [0.4, 0.5) is 0 Å². The van der Waals surface area contributed by atoms with Crippen molar-refractivity contribution in [2.75, 3.05) is 13.2 Å². The molecule has 0 atom stereocenters. The molecule has 2 fully saturated rings. The van der Waals surface area contributed by atoms with Crippen LogP contribution >= 0.6 is 11.3 Å². The van der Waals surface area contributed by atoms with Crippen molar-refractivity contribution >= 4 is 17.3 Å². The number of aliphatic carboxylic acids is 1. The Morgan fingerprint density at radius 3 is 2.42 bits per heavy atom. The molecule has 1 aromatic rings. The molecule has 0 amide bonds. The Morgan fingerprint density at radius 1 is 1.32 bits per heavy atom. The molecule has 2 aliphatic rings. The quantitative estimate of drug-likeness (QED) is 0.900. The first-order valence-electron chi connectivity index (χ1n) is 6.50. The maximum atomic E-state index is 11.8. The minimum Gasteiger partial charge on any atom is -0.481 e. The highest BCUT2D eigenvalue weighted by Crippen LogP contribution is 2.47. The summed E-state index contributed by atoms with van der Waals surface area (Å²) in [6, 6.07) is 0. The van der Waals surface area contributed by atoms with E-state index in [4.69, 9.17) is 9.47 Å². The number of carboxylic acids is 1. The van der Waals surface area contributed by atoms with Gasteiger partial charge in [0.1, 0.15) is 10.4 Å². The summed E-state index contributed by atoms with van der Waals surface area (Å²) in [5.74, 6) is -1.32. The summed E-state index contributed by atoms with van der Waals surface area (Å²) in [5, 5.41) is 12.3. The number of aromatic nitrogens is 1. The molecule has 19 heavy (non-hydrogen) atoms. The second-order valence-electron chi connectivity index (χ2n) is 5.29. The fraction of sp³-hybridized carbons (Fsp3) is 0.692. The van der Waals surface area contributed by atoms with E-state index in [0.717, 1.165) is 5.69 Å². The second-order valence-corrected chi connectivity index (χ2v) is 6.15. The molecule has 5 nitrogen and oxygen atoms in total. The summed E-state index contributed by atoms with van der Waals surface area (Å²) in [7, 11) is 0. The van der Waals surface area contributed by atoms with E-state index < -0.39 is 17.2 Å². The highest BCUT2D eigenvalue weighted by Gasteiger charge is 2.52. The molecule has 0 unspecified atom stereocenters. The zero-order valence-corrected chi connectivity index (χ0v) is 11.7. The Kier molecular flexibility index (Phi) is 3.11. The van der Waals surface area contributed by atoms with Crippen molar-refractivity contribution in [3.8, 4) is 0 Å². The van der Waals surface area contributed by atoms with Gasteiger partial charge in [-0.15, -0.1) is 11.3 Å². The van der Waals surface area contributed by atoms with E-state index in [2.05, 4.69) is 4.98 Å². The van der Waals surface area contributed by atoms with Gasteiger partial charge in [0.25, 0.3) is 0 Å². The van der Waals surface area contributed by atoms with Crippen molar-refractivity contribution < 1.29 is 19.4 Å². The molecule has 1 N–H and O–H groups in total. The summed E-state index contributed by atoms with van der Waals surface area (Å²) >= 11 is 1.44. The number of hydrogen-bond donors (Lipinski definition) is 1. The summed E-state index contributed by atoms with van der Waals surface area (Å²) in [6.07, 6.45) is 2.29. The van der Waals surface area contributed by atoms with Crippen molar-refractivity contribution in [2.24, 2.45) is 0 Å². The molecule has 1 aliphatic carbocycles. The van der Waals surface area contributed by atoms with Crippen LogP contribution in [-0.2, 0) is 19.7 Å². The number of carboxylic acid groups (broad SMARTS) is 1. The van der Waals surface area contributed by atoms with Crippen LogP contribution in [0.25, 0.3) is 0 Å². The number of nitrogens with zero attached hydrogens (tertiary/aromatic N) is 1. The Balaban J connectivity index is 1.86. The number of carbonyl (C=O) groups is 1. The average molecular weight is 283 g/mol. The van der Waals surface area contributed by atoms with Crippen molar-refractivity contribution in [1.82, 2.24) is 4.98 Å². The van der Waals surface area contributed by atoms with Gasteiger partial charge < -0.3 is 14.6 Å². The standard InChI is InChI=1S/C13H17NO4S/c1-9-8-19-10(14-9)12(11(15)16)2-4-13(5-3-12)17-6-7-18-13/h8H,2-7H2,1H3,(H,15,16). The minimum atomic E-state index is -0.862. The van der Waals surface area contributed by atoms with E-state index >= 15 is 0 Å². The first-order chi connectivity index (χ1) is 9.06. The van der Waals surface area contributed by atoms with E-state index in [1.54, 1.807) is 0 Å². The van der Waals surface area contributed by atoms with E-state index in [-0.39, 0.29) is 0 Å². The van der Waals surface area contributed by atoms with Gasteiger partial charge in [-0.25, -0.2) is 4.98 Å². The smallest absolute Gasteiger partial charge is 0.316 e. The lowest BCUT2D eigenvalue weighted by Crippen LogP contribution is -2.46. The SMILES string of the molecule is Cc1csc(C2(C(=O)O)CCC3(CC2)OCCO3)n1. The van der Waals surface area contributed by atoms with Crippen LogP contribution in [0.15, 0.2) is 5.38 Å². The van der Waals surface area contributed by atoms with E-state index in [1.165, 1.54) is 11.3 Å². The molecule has 0 bridgehead atoms. The fourth-order valence-corrected chi connectivity index (χ4v) is 3.98. The molecule has 0 radical (unpaired) electrons. The summed E-state index contributed by atoms with van der Waals surface area (Å²) in [6.45, 7) is 3.11. The number of hydrogen-bond acceptors (Lipinski definition) is 5.